The molecule has 25 heavy (non-hydrogen) atoms. The fourth-order valence-corrected chi connectivity index (χ4v) is 3.90. The minimum atomic E-state index is -1.26. The Bertz CT molecular complexity index is 837. The summed E-state index contributed by atoms with van der Waals surface area (Å²) in [5, 5.41) is 0. The molecule has 0 N–H and O–H groups in total. The maximum Gasteiger partial charge on any atom is 0.222 e. The van der Waals surface area contributed by atoms with Crippen LogP contribution in [0, 0.1) is 5.41 Å². The number of hydrogen-bond acceptors (Lipinski definition) is 3. The van der Waals surface area contributed by atoms with Crippen molar-refractivity contribution in [3.8, 4) is 0 Å². The predicted molar refractivity (Wildman–Crippen MR) is 94.8 cm³/mol. The number of hydrogen-bond donors (Lipinski definition) is 0. The van der Waals surface area contributed by atoms with E-state index in [9.17, 15) is 9.59 Å². The molecule has 0 bridgehead atoms. The number of allylic oxidation sites excluding steroid dienone is 1. The Morgan fingerprint density at radius 3 is 1.84 bits per heavy atom. The molecule has 0 amide bonds. The average Bonchev–Trinajstić information content (AvgIpc) is 2.89. The van der Waals surface area contributed by atoms with Crippen LogP contribution in [0.25, 0.3) is 0 Å². The number of benzene rings is 2. The summed E-state index contributed by atoms with van der Waals surface area (Å²) in [6, 6.07) is 18.9. The Labute approximate surface area is 147 Å². The van der Waals surface area contributed by atoms with Gasteiger partial charge in [-0.3, -0.25) is 9.59 Å². The van der Waals surface area contributed by atoms with Crippen molar-refractivity contribution in [2.75, 3.05) is 0 Å². The number of ketones is 2. The minimum Gasteiger partial charge on any atom is -0.473 e. The van der Waals surface area contributed by atoms with E-state index in [1.807, 2.05) is 74.5 Å². The molecule has 0 unspecified atom stereocenters. The highest BCUT2D eigenvalue weighted by molar-refractivity contribution is 6.26. The van der Waals surface area contributed by atoms with E-state index in [-0.39, 0.29) is 22.6 Å². The first-order chi connectivity index (χ1) is 11.9. The van der Waals surface area contributed by atoms with Gasteiger partial charge in [0, 0.05) is 24.0 Å². The predicted octanol–water partition coefficient (Wildman–Crippen LogP) is 4.17. The van der Waals surface area contributed by atoms with Crippen molar-refractivity contribution < 1.29 is 14.3 Å². The van der Waals surface area contributed by atoms with Crippen LogP contribution in [0.3, 0.4) is 0 Å². The van der Waals surface area contributed by atoms with Gasteiger partial charge in [0.2, 0.25) is 11.4 Å². The molecule has 126 valence electrons. The average molecular weight is 332 g/mol. The monoisotopic (exact) mass is 332 g/mol. The van der Waals surface area contributed by atoms with Crippen LogP contribution in [-0.4, -0.2) is 11.6 Å². The first-order valence-electron chi connectivity index (χ1n) is 8.55. The molecule has 1 aliphatic carbocycles. The zero-order valence-corrected chi connectivity index (χ0v) is 14.4. The Morgan fingerprint density at radius 1 is 0.800 bits per heavy atom. The maximum atomic E-state index is 13.5. The molecule has 0 aromatic heterocycles. The maximum absolute atomic E-state index is 13.5. The highest BCUT2D eigenvalue weighted by atomic mass is 16.5. The SMILES string of the molecule is CC1(C)CC(=O)C2=C(C1)OC(c1ccccc1)(c1ccccc1)C2=O. The summed E-state index contributed by atoms with van der Waals surface area (Å²) < 4.78 is 6.35. The molecule has 2 aliphatic rings. The van der Waals surface area contributed by atoms with Gasteiger partial charge in [-0.05, 0) is 5.41 Å². The number of Topliss-reactive ketones (excluding diaryl/α,β-unsaturated/α-hetero) is 2. The van der Waals surface area contributed by atoms with Gasteiger partial charge in [0.25, 0.3) is 0 Å². The van der Waals surface area contributed by atoms with E-state index >= 15 is 0 Å². The molecule has 0 saturated carbocycles. The summed E-state index contributed by atoms with van der Waals surface area (Å²) in [7, 11) is 0. The third-order valence-corrected chi connectivity index (χ3v) is 5.02. The molecule has 1 heterocycles. The van der Waals surface area contributed by atoms with Crippen molar-refractivity contribution in [2.45, 2.75) is 32.3 Å². The summed E-state index contributed by atoms with van der Waals surface area (Å²) in [6.07, 6.45) is 0.974. The van der Waals surface area contributed by atoms with Crippen molar-refractivity contribution >= 4 is 11.6 Å². The molecule has 0 saturated heterocycles. The molecule has 4 rings (SSSR count). The Hall–Kier alpha value is -2.68. The van der Waals surface area contributed by atoms with Gasteiger partial charge in [0.05, 0.1) is 0 Å². The Morgan fingerprint density at radius 2 is 1.32 bits per heavy atom. The molecule has 3 heteroatoms. The zero-order valence-electron chi connectivity index (χ0n) is 14.4. The van der Waals surface area contributed by atoms with Crippen LogP contribution in [0.15, 0.2) is 72.0 Å². The summed E-state index contributed by atoms with van der Waals surface area (Å²) in [5.74, 6) is 0.198. The van der Waals surface area contributed by atoms with Crippen LogP contribution in [0.1, 0.15) is 37.8 Å². The summed E-state index contributed by atoms with van der Waals surface area (Å²) in [4.78, 5) is 26.2. The third-order valence-electron chi connectivity index (χ3n) is 5.02. The molecule has 0 fully saturated rings. The molecule has 0 radical (unpaired) electrons. The van der Waals surface area contributed by atoms with Gasteiger partial charge in [-0.25, -0.2) is 0 Å². The molecular weight excluding hydrogens is 312 g/mol. The van der Waals surface area contributed by atoms with Crippen LogP contribution >= 0.6 is 0 Å². The Kier molecular flexibility index (Phi) is 3.43. The highest BCUT2D eigenvalue weighted by Gasteiger charge is 2.56. The lowest BCUT2D eigenvalue weighted by atomic mass is 9.74. The number of rotatable bonds is 2. The molecule has 3 nitrogen and oxygen atoms in total. The molecule has 0 spiro atoms. The van der Waals surface area contributed by atoms with Gasteiger partial charge >= 0.3 is 0 Å². The first-order valence-corrected chi connectivity index (χ1v) is 8.55. The van der Waals surface area contributed by atoms with Crippen molar-refractivity contribution in [1.82, 2.24) is 0 Å². The van der Waals surface area contributed by atoms with E-state index in [4.69, 9.17) is 4.74 Å². The van der Waals surface area contributed by atoms with Crippen molar-refractivity contribution in [1.29, 1.82) is 0 Å². The van der Waals surface area contributed by atoms with Crippen LogP contribution in [0.4, 0.5) is 0 Å². The smallest absolute Gasteiger partial charge is 0.222 e. The second-order valence-electron chi connectivity index (χ2n) is 7.58. The van der Waals surface area contributed by atoms with E-state index in [1.165, 1.54) is 0 Å². The lowest BCUT2D eigenvalue weighted by molar-refractivity contribution is -0.129. The van der Waals surface area contributed by atoms with E-state index in [1.54, 1.807) is 0 Å². The summed E-state index contributed by atoms with van der Waals surface area (Å²) in [6.45, 7) is 4.07. The zero-order chi connectivity index (χ0) is 17.7. The third kappa shape index (κ3) is 2.34. The number of ether oxygens (including phenoxy) is 1. The fraction of sp³-hybridized carbons (Fsp3) is 0.273. The topological polar surface area (TPSA) is 43.4 Å². The van der Waals surface area contributed by atoms with Crippen LogP contribution in [0.5, 0.6) is 0 Å². The van der Waals surface area contributed by atoms with Gasteiger partial charge in [-0.15, -0.1) is 0 Å². The van der Waals surface area contributed by atoms with Gasteiger partial charge < -0.3 is 4.74 Å². The Balaban J connectivity index is 1.91. The van der Waals surface area contributed by atoms with Crippen molar-refractivity contribution in [3.63, 3.8) is 0 Å². The second kappa shape index (κ2) is 5.41. The van der Waals surface area contributed by atoms with Gasteiger partial charge in [0.1, 0.15) is 11.3 Å². The van der Waals surface area contributed by atoms with Crippen LogP contribution < -0.4 is 0 Å². The van der Waals surface area contributed by atoms with Crippen molar-refractivity contribution in [2.24, 2.45) is 5.41 Å². The van der Waals surface area contributed by atoms with E-state index in [2.05, 4.69) is 0 Å². The molecule has 2 aromatic carbocycles. The number of carbonyl (C=O) groups excluding carboxylic acids is 2. The van der Waals surface area contributed by atoms with E-state index in [0.29, 0.717) is 18.6 Å². The molecule has 1 aliphatic heterocycles. The second-order valence-corrected chi connectivity index (χ2v) is 7.58. The fourth-order valence-electron chi connectivity index (χ4n) is 3.90. The van der Waals surface area contributed by atoms with Gasteiger partial charge in [0.15, 0.2) is 5.78 Å². The van der Waals surface area contributed by atoms with E-state index in [0.717, 1.165) is 11.1 Å². The lowest BCUT2D eigenvalue weighted by Gasteiger charge is -2.31. The quantitative estimate of drug-likeness (QED) is 0.775. The first kappa shape index (κ1) is 15.8. The summed E-state index contributed by atoms with van der Waals surface area (Å²) >= 11 is 0. The van der Waals surface area contributed by atoms with Crippen LogP contribution in [0.2, 0.25) is 0 Å². The van der Waals surface area contributed by atoms with Gasteiger partial charge in [-0.1, -0.05) is 74.5 Å². The van der Waals surface area contributed by atoms with Crippen molar-refractivity contribution in [3.05, 3.63) is 83.1 Å². The van der Waals surface area contributed by atoms with Gasteiger partial charge in [-0.2, -0.15) is 0 Å². The molecule has 0 atom stereocenters. The lowest BCUT2D eigenvalue weighted by Crippen LogP contribution is -2.37. The summed E-state index contributed by atoms with van der Waals surface area (Å²) in [5.41, 5.74) is 0.313. The number of carbonyl (C=O) groups is 2. The molecule has 2 aromatic rings. The normalized spacial score (nSPS) is 21.0. The van der Waals surface area contributed by atoms with Crippen LogP contribution in [-0.2, 0) is 19.9 Å². The molecular formula is C22H20O3. The highest BCUT2D eigenvalue weighted by Crippen LogP contribution is 2.50. The van der Waals surface area contributed by atoms with E-state index < -0.39 is 5.60 Å². The standard InChI is InChI=1S/C22H20O3/c1-21(2)13-17(23)19-18(14-21)25-22(20(19)24,15-9-5-3-6-10-15)16-11-7-4-8-12-16/h3-12H,13-14H2,1-2H3. The minimum absolute atomic E-state index is 0.106. The largest absolute Gasteiger partial charge is 0.473 e.